The van der Waals surface area contributed by atoms with Crippen molar-refractivity contribution in [1.29, 1.82) is 0 Å². The molecule has 0 radical (unpaired) electrons. The summed E-state index contributed by atoms with van der Waals surface area (Å²) in [4.78, 5) is 10.4. The zero-order valence-electron chi connectivity index (χ0n) is 14.4. The van der Waals surface area contributed by atoms with Gasteiger partial charge in [0.2, 0.25) is 0 Å². The van der Waals surface area contributed by atoms with Gasteiger partial charge >= 0.3 is 0 Å². The minimum atomic E-state index is 0.289. The number of nitrogens with zero attached hydrogens (tertiary/aromatic N) is 4. The van der Waals surface area contributed by atoms with Gasteiger partial charge in [-0.25, -0.2) is 0 Å². The average Bonchev–Trinajstić information content (AvgIpc) is 2.38. The van der Waals surface area contributed by atoms with Crippen molar-refractivity contribution in [2.45, 2.75) is 45.3 Å². The van der Waals surface area contributed by atoms with Gasteiger partial charge in [0.15, 0.2) is 0 Å². The van der Waals surface area contributed by atoms with Gasteiger partial charge in [0.05, 0.1) is 0 Å². The van der Waals surface area contributed by atoms with Gasteiger partial charge in [-0.05, 0) is 41.4 Å². The van der Waals surface area contributed by atoms with Gasteiger partial charge in [-0.2, -0.15) is 0 Å². The zero-order chi connectivity index (χ0) is 14.9. The van der Waals surface area contributed by atoms with Crippen LogP contribution in [0.4, 0.5) is 0 Å². The second-order valence-corrected chi connectivity index (χ2v) is 7.62. The van der Waals surface area contributed by atoms with E-state index in [9.17, 15) is 0 Å². The molecule has 2 aliphatic rings. The van der Waals surface area contributed by atoms with E-state index in [2.05, 4.69) is 61.4 Å². The normalized spacial score (nSPS) is 32.7. The molecule has 2 fully saturated rings. The van der Waals surface area contributed by atoms with Crippen LogP contribution in [-0.2, 0) is 0 Å². The maximum atomic E-state index is 2.69. The van der Waals surface area contributed by atoms with Crippen molar-refractivity contribution >= 4 is 0 Å². The van der Waals surface area contributed by atoms with Crippen LogP contribution in [0.3, 0.4) is 0 Å². The lowest BCUT2D eigenvalue weighted by atomic mass is 9.96. The fraction of sp³-hybridized carbons (Fsp3) is 1.00. The lowest BCUT2D eigenvalue weighted by Crippen LogP contribution is -2.67. The number of piperazine rings is 2. The van der Waals surface area contributed by atoms with Crippen molar-refractivity contribution in [1.82, 2.24) is 19.6 Å². The molecular formula is C16H34N4. The molecule has 2 heterocycles. The summed E-state index contributed by atoms with van der Waals surface area (Å²) in [5.74, 6) is 0. The lowest BCUT2D eigenvalue weighted by molar-refractivity contribution is -0.0266. The first-order valence-electron chi connectivity index (χ1n) is 8.20. The number of hydrogen-bond acceptors (Lipinski definition) is 4. The van der Waals surface area contributed by atoms with Crippen LogP contribution in [0.1, 0.15) is 27.7 Å². The molecule has 0 aromatic heterocycles. The molecule has 0 amide bonds. The first-order valence-corrected chi connectivity index (χ1v) is 8.20. The number of hydrogen-bond donors (Lipinski definition) is 0. The van der Waals surface area contributed by atoms with Crippen LogP contribution in [-0.4, -0.2) is 97.1 Å². The summed E-state index contributed by atoms with van der Waals surface area (Å²) in [7, 11) is 4.58. The number of rotatable bonds is 2. The summed E-state index contributed by atoms with van der Waals surface area (Å²) in [6.45, 7) is 17.8. The molecule has 0 aromatic carbocycles. The molecule has 0 aromatic rings. The Balaban J connectivity index is 2.10. The molecule has 2 rings (SSSR count). The molecule has 2 atom stereocenters. The molecule has 118 valence electrons. The summed E-state index contributed by atoms with van der Waals surface area (Å²) in [5.41, 5.74) is 0.289. The highest BCUT2D eigenvalue weighted by Gasteiger charge is 2.38. The molecule has 20 heavy (non-hydrogen) atoms. The second kappa shape index (κ2) is 6.30. The van der Waals surface area contributed by atoms with Gasteiger partial charge in [-0.1, -0.05) is 6.92 Å². The predicted molar refractivity (Wildman–Crippen MR) is 86.3 cm³/mol. The third kappa shape index (κ3) is 3.53. The standard InChI is InChI=1S/C16H34N4/c1-7-19-10-8-17(5)12-15(19)14-13-20(16(2,3)4)11-9-18(14)6/h14-15H,7-13H2,1-6H3. The maximum Gasteiger partial charge on any atom is 0.0391 e. The molecule has 2 aliphatic heterocycles. The molecule has 4 heteroatoms. The summed E-state index contributed by atoms with van der Waals surface area (Å²) in [6.07, 6.45) is 0. The minimum absolute atomic E-state index is 0.289. The van der Waals surface area contributed by atoms with Crippen molar-refractivity contribution in [3.8, 4) is 0 Å². The maximum absolute atomic E-state index is 2.69. The van der Waals surface area contributed by atoms with E-state index >= 15 is 0 Å². The van der Waals surface area contributed by atoms with Crippen LogP contribution in [0.2, 0.25) is 0 Å². The van der Waals surface area contributed by atoms with Crippen molar-refractivity contribution < 1.29 is 0 Å². The molecule has 2 unspecified atom stereocenters. The third-order valence-electron chi connectivity index (χ3n) is 5.23. The molecule has 0 saturated carbocycles. The monoisotopic (exact) mass is 282 g/mol. The molecule has 0 aliphatic carbocycles. The molecule has 4 nitrogen and oxygen atoms in total. The fourth-order valence-corrected chi connectivity index (χ4v) is 3.67. The van der Waals surface area contributed by atoms with Gasteiger partial charge in [0.25, 0.3) is 0 Å². The molecule has 0 spiro atoms. The smallest absolute Gasteiger partial charge is 0.0391 e. The Morgan fingerprint density at radius 3 is 2.20 bits per heavy atom. The Labute approximate surface area is 125 Å². The predicted octanol–water partition coefficient (Wildman–Crippen LogP) is 1.04. The van der Waals surface area contributed by atoms with Crippen molar-refractivity contribution in [3.63, 3.8) is 0 Å². The van der Waals surface area contributed by atoms with E-state index in [0.717, 1.165) is 0 Å². The summed E-state index contributed by atoms with van der Waals surface area (Å²) in [5, 5.41) is 0. The highest BCUT2D eigenvalue weighted by atomic mass is 15.4. The Hall–Kier alpha value is -0.160. The Bertz CT molecular complexity index is 312. The van der Waals surface area contributed by atoms with Crippen LogP contribution in [0.25, 0.3) is 0 Å². The SMILES string of the molecule is CCN1CCN(C)CC1C1CN(C(C)(C)C)CCN1C. The molecule has 0 N–H and O–H groups in total. The van der Waals surface area contributed by atoms with Crippen LogP contribution in [0.15, 0.2) is 0 Å². The lowest BCUT2D eigenvalue weighted by Gasteiger charge is -2.52. The van der Waals surface area contributed by atoms with Crippen LogP contribution in [0.5, 0.6) is 0 Å². The van der Waals surface area contributed by atoms with E-state index in [0.29, 0.717) is 12.1 Å². The summed E-state index contributed by atoms with van der Waals surface area (Å²) in [6, 6.07) is 1.33. The van der Waals surface area contributed by atoms with E-state index < -0.39 is 0 Å². The van der Waals surface area contributed by atoms with Gasteiger partial charge in [0, 0.05) is 56.9 Å². The first-order chi connectivity index (χ1) is 9.32. The fourth-order valence-electron chi connectivity index (χ4n) is 3.67. The summed E-state index contributed by atoms with van der Waals surface area (Å²) >= 11 is 0. The largest absolute Gasteiger partial charge is 0.303 e. The van der Waals surface area contributed by atoms with Crippen LogP contribution in [0, 0.1) is 0 Å². The highest BCUT2D eigenvalue weighted by Crippen LogP contribution is 2.23. The van der Waals surface area contributed by atoms with E-state index in [1.54, 1.807) is 0 Å². The quantitative estimate of drug-likeness (QED) is 0.750. The topological polar surface area (TPSA) is 13.0 Å². The molecule has 2 saturated heterocycles. The molecule has 0 bridgehead atoms. The van der Waals surface area contributed by atoms with Crippen molar-refractivity contribution in [2.75, 3.05) is 59.9 Å². The van der Waals surface area contributed by atoms with Crippen molar-refractivity contribution in [2.24, 2.45) is 0 Å². The van der Waals surface area contributed by atoms with E-state index in [1.807, 2.05) is 0 Å². The van der Waals surface area contributed by atoms with E-state index in [1.165, 1.54) is 45.8 Å². The Morgan fingerprint density at radius 2 is 1.60 bits per heavy atom. The van der Waals surface area contributed by atoms with Crippen LogP contribution < -0.4 is 0 Å². The third-order valence-corrected chi connectivity index (χ3v) is 5.23. The Kier molecular flexibility index (Phi) is 5.11. The zero-order valence-corrected chi connectivity index (χ0v) is 14.4. The second-order valence-electron chi connectivity index (χ2n) is 7.62. The molecular weight excluding hydrogens is 248 g/mol. The number of likely N-dealkylation sites (N-methyl/N-ethyl adjacent to an activating group) is 3. The van der Waals surface area contributed by atoms with E-state index in [-0.39, 0.29) is 5.54 Å². The van der Waals surface area contributed by atoms with Crippen LogP contribution >= 0.6 is 0 Å². The van der Waals surface area contributed by atoms with Crippen molar-refractivity contribution in [3.05, 3.63) is 0 Å². The van der Waals surface area contributed by atoms with Gasteiger partial charge < -0.3 is 4.90 Å². The highest BCUT2D eigenvalue weighted by molar-refractivity contribution is 4.96. The Morgan fingerprint density at radius 1 is 0.900 bits per heavy atom. The van der Waals surface area contributed by atoms with Gasteiger partial charge in [-0.3, -0.25) is 14.7 Å². The van der Waals surface area contributed by atoms with Gasteiger partial charge in [-0.15, -0.1) is 0 Å². The van der Waals surface area contributed by atoms with Gasteiger partial charge in [0.1, 0.15) is 0 Å². The average molecular weight is 282 g/mol. The first kappa shape index (κ1) is 16.2. The summed E-state index contributed by atoms with van der Waals surface area (Å²) < 4.78 is 0. The minimum Gasteiger partial charge on any atom is -0.303 e. The van der Waals surface area contributed by atoms with E-state index in [4.69, 9.17) is 0 Å².